The second kappa shape index (κ2) is 6.93. The molecule has 2 aromatic rings. The van der Waals surface area contributed by atoms with E-state index >= 15 is 0 Å². The van der Waals surface area contributed by atoms with Crippen LogP contribution in [0.3, 0.4) is 0 Å². The zero-order chi connectivity index (χ0) is 17.3. The van der Waals surface area contributed by atoms with Gasteiger partial charge in [-0.1, -0.05) is 29.8 Å². The average Bonchev–Trinajstić information content (AvgIpc) is 3.04. The van der Waals surface area contributed by atoms with Gasteiger partial charge in [-0.2, -0.15) is 11.3 Å². The Labute approximate surface area is 154 Å². The SMILES string of the molecule is Cc1cccc(CC(=O)N(Cc2ccsc2)[C@H]2CC23CCNCC3)c1. The number of nitrogens with zero attached hydrogens (tertiary/aromatic N) is 1. The summed E-state index contributed by atoms with van der Waals surface area (Å²) in [7, 11) is 0. The molecule has 1 spiro atoms. The number of carbonyl (C=O) groups excluding carboxylic acids is 1. The number of amides is 1. The van der Waals surface area contributed by atoms with Crippen molar-refractivity contribution in [3.05, 3.63) is 57.8 Å². The highest BCUT2D eigenvalue weighted by molar-refractivity contribution is 7.07. The molecular weight excluding hydrogens is 328 g/mol. The molecule has 132 valence electrons. The Morgan fingerprint density at radius 2 is 2.12 bits per heavy atom. The number of piperidine rings is 1. The molecule has 0 unspecified atom stereocenters. The third-order valence-corrected chi connectivity index (χ3v) is 6.55. The first-order valence-corrected chi connectivity index (χ1v) is 10.2. The monoisotopic (exact) mass is 354 g/mol. The zero-order valence-corrected chi connectivity index (χ0v) is 15.6. The van der Waals surface area contributed by atoms with Gasteiger partial charge in [-0.05, 0) is 72.6 Å². The van der Waals surface area contributed by atoms with Crippen molar-refractivity contribution in [2.75, 3.05) is 13.1 Å². The number of hydrogen-bond donors (Lipinski definition) is 1. The maximum absolute atomic E-state index is 13.2. The minimum absolute atomic E-state index is 0.275. The number of rotatable bonds is 5. The summed E-state index contributed by atoms with van der Waals surface area (Å²) < 4.78 is 0. The molecule has 1 N–H and O–H groups in total. The molecular formula is C21H26N2OS. The van der Waals surface area contributed by atoms with E-state index in [2.05, 4.69) is 52.2 Å². The lowest BCUT2D eigenvalue weighted by atomic mass is 9.93. The maximum Gasteiger partial charge on any atom is 0.227 e. The van der Waals surface area contributed by atoms with E-state index in [0.29, 0.717) is 17.9 Å². The van der Waals surface area contributed by atoms with Crippen LogP contribution in [-0.4, -0.2) is 29.9 Å². The van der Waals surface area contributed by atoms with Gasteiger partial charge in [-0.15, -0.1) is 0 Å². The fraction of sp³-hybridized carbons (Fsp3) is 0.476. The lowest BCUT2D eigenvalue weighted by Gasteiger charge is -2.29. The van der Waals surface area contributed by atoms with E-state index in [0.717, 1.165) is 25.2 Å². The van der Waals surface area contributed by atoms with Crippen molar-refractivity contribution in [2.24, 2.45) is 5.41 Å². The highest BCUT2D eigenvalue weighted by atomic mass is 32.1. The largest absolute Gasteiger partial charge is 0.334 e. The van der Waals surface area contributed by atoms with Crippen LogP contribution in [0.5, 0.6) is 0 Å². The predicted octanol–water partition coefficient (Wildman–Crippen LogP) is 3.77. The van der Waals surface area contributed by atoms with E-state index in [4.69, 9.17) is 0 Å². The molecule has 1 aliphatic heterocycles. The van der Waals surface area contributed by atoms with Crippen LogP contribution in [0.1, 0.15) is 36.0 Å². The van der Waals surface area contributed by atoms with Crippen molar-refractivity contribution < 1.29 is 4.79 Å². The van der Waals surface area contributed by atoms with Crippen LogP contribution in [0.15, 0.2) is 41.1 Å². The molecule has 1 saturated carbocycles. The van der Waals surface area contributed by atoms with Crippen LogP contribution in [-0.2, 0) is 17.8 Å². The molecule has 1 saturated heterocycles. The Bertz CT molecular complexity index is 734. The molecule has 1 aliphatic carbocycles. The van der Waals surface area contributed by atoms with Crippen molar-refractivity contribution in [1.82, 2.24) is 10.2 Å². The Hall–Kier alpha value is -1.65. The quantitative estimate of drug-likeness (QED) is 0.886. The molecule has 1 aromatic heterocycles. The number of hydrogen-bond acceptors (Lipinski definition) is 3. The van der Waals surface area contributed by atoms with Crippen LogP contribution < -0.4 is 5.32 Å². The van der Waals surface area contributed by atoms with E-state index in [9.17, 15) is 4.79 Å². The first-order chi connectivity index (χ1) is 12.2. The number of thiophene rings is 1. The minimum Gasteiger partial charge on any atom is -0.334 e. The highest BCUT2D eigenvalue weighted by Gasteiger charge is 2.57. The van der Waals surface area contributed by atoms with Gasteiger partial charge in [0.15, 0.2) is 0 Å². The number of nitrogens with one attached hydrogen (secondary N) is 1. The van der Waals surface area contributed by atoms with Gasteiger partial charge in [0.1, 0.15) is 0 Å². The normalized spacial score (nSPS) is 21.2. The van der Waals surface area contributed by atoms with Gasteiger partial charge >= 0.3 is 0 Å². The van der Waals surface area contributed by atoms with Crippen LogP contribution in [0.4, 0.5) is 0 Å². The second-order valence-electron chi connectivity index (χ2n) is 7.65. The first kappa shape index (κ1) is 16.8. The summed E-state index contributed by atoms with van der Waals surface area (Å²) in [5, 5.41) is 7.73. The molecule has 1 amide bonds. The Kier molecular flexibility index (Phi) is 4.65. The van der Waals surface area contributed by atoms with Gasteiger partial charge in [-0.25, -0.2) is 0 Å². The lowest BCUT2D eigenvalue weighted by Crippen LogP contribution is -2.39. The van der Waals surface area contributed by atoms with Gasteiger partial charge < -0.3 is 10.2 Å². The average molecular weight is 355 g/mol. The summed E-state index contributed by atoms with van der Waals surface area (Å²) in [6, 6.07) is 10.9. The van der Waals surface area contributed by atoms with E-state index in [-0.39, 0.29) is 5.91 Å². The lowest BCUT2D eigenvalue weighted by molar-refractivity contribution is -0.132. The van der Waals surface area contributed by atoms with Gasteiger partial charge in [0.05, 0.1) is 6.42 Å². The molecule has 2 heterocycles. The summed E-state index contributed by atoms with van der Waals surface area (Å²) in [5.41, 5.74) is 3.98. The molecule has 1 aromatic carbocycles. The summed E-state index contributed by atoms with van der Waals surface area (Å²) >= 11 is 1.71. The smallest absolute Gasteiger partial charge is 0.227 e. The Balaban J connectivity index is 1.52. The van der Waals surface area contributed by atoms with E-state index in [1.807, 2.05) is 6.07 Å². The van der Waals surface area contributed by atoms with Crippen LogP contribution >= 0.6 is 11.3 Å². The van der Waals surface area contributed by atoms with Crippen LogP contribution in [0, 0.1) is 12.3 Å². The maximum atomic E-state index is 13.2. The molecule has 25 heavy (non-hydrogen) atoms. The Morgan fingerprint density at radius 3 is 2.84 bits per heavy atom. The molecule has 0 bridgehead atoms. The summed E-state index contributed by atoms with van der Waals surface area (Å²) in [6.07, 6.45) is 4.10. The zero-order valence-electron chi connectivity index (χ0n) is 14.8. The Morgan fingerprint density at radius 1 is 1.28 bits per heavy atom. The van der Waals surface area contributed by atoms with E-state index in [1.54, 1.807) is 11.3 Å². The summed E-state index contributed by atoms with van der Waals surface area (Å²) in [4.78, 5) is 15.3. The van der Waals surface area contributed by atoms with Crippen LogP contribution in [0.25, 0.3) is 0 Å². The van der Waals surface area contributed by atoms with Gasteiger partial charge in [0, 0.05) is 12.6 Å². The summed E-state index contributed by atoms with van der Waals surface area (Å²) in [6.45, 7) is 5.03. The molecule has 2 aliphatic rings. The predicted molar refractivity (Wildman–Crippen MR) is 103 cm³/mol. The van der Waals surface area contributed by atoms with Gasteiger partial charge in [0.2, 0.25) is 5.91 Å². The van der Waals surface area contributed by atoms with E-state index in [1.165, 1.54) is 30.4 Å². The van der Waals surface area contributed by atoms with Crippen LogP contribution in [0.2, 0.25) is 0 Å². The molecule has 2 fully saturated rings. The van der Waals surface area contributed by atoms with Crippen molar-refractivity contribution in [2.45, 2.75) is 45.2 Å². The number of carbonyl (C=O) groups is 1. The molecule has 0 radical (unpaired) electrons. The van der Waals surface area contributed by atoms with Crippen molar-refractivity contribution in [3.8, 4) is 0 Å². The van der Waals surface area contributed by atoms with Crippen molar-refractivity contribution >= 4 is 17.2 Å². The third-order valence-electron chi connectivity index (χ3n) is 5.81. The molecule has 1 atom stereocenters. The van der Waals surface area contributed by atoms with Gasteiger partial charge in [0.25, 0.3) is 0 Å². The first-order valence-electron chi connectivity index (χ1n) is 9.23. The second-order valence-corrected chi connectivity index (χ2v) is 8.43. The molecule has 4 heteroatoms. The summed E-state index contributed by atoms with van der Waals surface area (Å²) in [5.74, 6) is 0.275. The minimum atomic E-state index is 0.275. The van der Waals surface area contributed by atoms with Crippen molar-refractivity contribution in [3.63, 3.8) is 0 Å². The fourth-order valence-electron chi connectivity index (χ4n) is 4.28. The number of benzene rings is 1. The molecule has 4 rings (SSSR count). The topological polar surface area (TPSA) is 32.3 Å². The van der Waals surface area contributed by atoms with Gasteiger partial charge in [-0.3, -0.25) is 4.79 Å². The third kappa shape index (κ3) is 3.65. The fourth-order valence-corrected chi connectivity index (χ4v) is 4.94. The number of aryl methyl sites for hydroxylation is 1. The standard InChI is InChI=1S/C21H26N2OS/c1-16-3-2-4-17(11-16)12-20(24)23(14-18-5-10-25-15-18)19-13-21(19)6-8-22-9-7-21/h2-5,10-11,15,19,22H,6-9,12-14H2,1H3/t19-/m0/s1. The van der Waals surface area contributed by atoms with Crippen molar-refractivity contribution in [1.29, 1.82) is 0 Å². The van der Waals surface area contributed by atoms with E-state index < -0.39 is 0 Å². The molecule has 3 nitrogen and oxygen atoms in total. The highest BCUT2D eigenvalue weighted by Crippen LogP contribution is 2.56.